The Kier molecular flexibility index (Phi) is 6.65. The van der Waals surface area contributed by atoms with Gasteiger partial charge in [0.2, 0.25) is 11.5 Å². The third-order valence-corrected chi connectivity index (χ3v) is 6.82. The van der Waals surface area contributed by atoms with Gasteiger partial charge < -0.3 is 31.5 Å². The van der Waals surface area contributed by atoms with E-state index in [-0.39, 0.29) is 35.5 Å². The maximum absolute atomic E-state index is 12.9. The summed E-state index contributed by atoms with van der Waals surface area (Å²) < 4.78 is 5.68. The molecule has 2 aliphatic rings. The summed E-state index contributed by atoms with van der Waals surface area (Å²) in [5.41, 5.74) is 12.0. The normalized spacial score (nSPS) is 20.0. The number of carbonyl (C=O) groups excluding carboxylic acids is 3. The number of hydrogen-bond acceptors (Lipinski definition) is 12. The molecule has 5 N–H and O–H groups in total. The van der Waals surface area contributed by atoms with E-state index < -0.39 is 29.2 Å². The largest absolute Gasteiger partial charge is 0.543 e. The average molecular weight is 505 g/mol. The van der Waals surface area contributed by atoms with E-state index in [1.165, 1.54) is 11.8 Å². The third kappa shape index (κ3) is 4.51. The molecule has 2 amide bonds. The minimum Gasteiger partial charge on any atom is -0.543 e. The molecule has 0 aliphatic carbocycles. The maximum atomic E-state index is 12.9. The second-order valence-corrected chi connectivity index (χ2v) is 9.11. The summed E-state index contributed by atoms with van der Waals surface area (Å²) in [6.07, 6.45) is 3.41. The van der Waals surface area contributed by atoms with E-state index in [2.05, 4.69) is 19.8 Å². The lowest BCUT2D eigenvalue weighted by Crippen LogP contribution is -2.71. The number of aliphatic carboxylic acids is 1. The summed E-state index contributed by atoms with van der Waals surface area (Å²) in [6.45, 7) is 2.09. The molecule has 1 fully saturated rings. The van der Waals surface area contributed by atoms with Gasteiger partial charge >= 0.3 is 0 Å². The summed E-state index contributed by atoms with van der Waals surface area (Å²) in [7, 11) is 0. The van der Waals surface area contributed by atoms with Gasteiger partial charge in [-0.3, -0.25) is 14.5 Å². The quantitative estimate of drug-likeness (QED) is 0.154. The molecule has 2 atom stereocenters. The van der Waals surface area contributed by atoms with E-state index in [4.69, 9.17) is 16.3 Å². The zero-order chi connectivity index (χ0) is 24.4. The molecular weight excluding hydrogens is 484 g/mol. The van der Waals surface area contributed by atoms with Crippen LogP contribution in [0, 0.1) is 0 Å². The first kappa shape index (κ1) is 23.4. The molecule has 2 aromatic heterocycles. The first-order valence-corrected chi connectivity index (χ1v) is 11.8. The first-order chi connectivity index (χ1) is 16.3. The molecule has 178 valence electrons. The van der Waals surface area contributed by atoms with Crippen LogP contribution < -0.4 is 26.5 Å². The zero-order valence-electron chi connectivity index (χ0n) is 17.8. The fraction of sp³-hybridized carbons (Fsp3) is 0.316. The van der Waals surface area contributed by atoms with Crippen molar-refractivity contribution in [2.45, 2.75) is 24.9 Å². The van der Waals surface area contributed by atoms with Crippen molar-refractivity contribution in [2.24, 2.45) is 5.16 Å². The van der Waals surface area contributed by atoms with Gasteiger partial charge in [0.05, 0.1) is 17.4 Å². The number of oxime groups is 1. The van der Waals surface area contributed by atoms with Gasteiger partial charge in [-0.05, 0) is 13.0 Å². The van der Waals surface area contributed by atoms with Crippen molar-refractivity contribution >= 4 is 57.6 Å². The fourth-order valence-corrected chi connectivity index (χ4v) is 5.28. The van der Waals surface area contributed by atoms with Gasteiger partial charge in [0.25, 0.3) is 11.8 Å². The zero-order valence-corrected chi connectivity index (χ0v) is 19.5. The van der Waals surface area contributed by atoms with Crippen LogP contribution in [0.15, 0.2) is 41.0 Å². The van der Waals surface area contributed by atoms with Crippen molar-refractivity contribution in [2.75, 3.05) is 23.8 Å². The molecule has 1 unspecified atom stereocenters. The molecule has 15 heteroatoms. The highest BCUT2D eigenvalue weighted by atomic mass is 32.2. The Morgan fingerprint density at radius 1 is 1.44 bits per heavy atom. The molecule has 0 saturated carbocycles. The molecule has 34 heavy (non-hydrogen) atoms. The number of carboxylic acid groups (broad SMARTS) is 1. The number of nitrogens with two attached hydrogens (primary N) is 2. The number of carboxylic acids is 1. The van der Waals surface area contributed by atoms with Crippen LogP contribution >= 0.6 is 23.3 Å². The Morgan fingerprint density at radius 3 is 2.88 bits per heavy atom. The molecular formula is C19H20N8O5S2. The Bertz CT molecular complexity index is 1210. The molecule has 0 bridgehead atoms. The minimum absolute atomic E-state index is 0.0369. The van der Waals surface area contributed by atoms with E-state index in [1.54, 1.807) is 36.0 Å². The number of anilines is 2. The van der Waals surface area contributed by atoms with Crippen LogP contribution in [0.5, 0.6) is 0 Å². The summed E-state index contributed by atoms with van der Waals surface area (Å²) in [4.78, 5) is 47.8. The second-order valence-electron chi connectivity index (χ2n) is 7.22. The Morgan fingerprint density at radius 2 is 2.24 bits per heavy atom. The van der Waals surface area contributed by atoms with Crippen molar-refractivity contribution < 1.29 is 28.9 Å². The van der Waals surface area contributed by atoms with E-state index in [0.29, 0.717) is 17.0 Å². The predicted molar refractivity (Wildman–Crippen MR) is 121 cm³/mol. The number of rotatable bonds is 8. The number of amides is 2. The number of nitrogens with one attached hydrogen (secondary N) is 1. The molecule has 0 radical (unpaired) electrons. The molecule has 2 aromatic rings. The highest BCUT2D eigenvalue weighted by Gasteiger charge is 2.53. The number of nitrogens with zero attached hydrogens (tertiary/aromatic N) is 5. The van der Waals surface area contributed by atoms with Crippen LogP contribution in [0.3, 0.4) is 0 Å². The van der Waals surface area contributed by atoms with E-state index in [0.717, 1.165) is 16.4 Å². The maximum Gasteiger partial charge on any atom is 0.278 e. The number of carbonyl (C=O) groups is 3. The van der Waals surface area contributed by atoms with Crippen molar-refractivity contribution in [1.82, 2.24) is 19.6 Å². The van der Waals surface area contributed by atoms with E-state index in [1.807, 2.05) is 0 Å². The van der Waals surface area contributed by atoms with Gasteiger partial charge in [-0.2, -0.15) is 13.9 Å². The van der Waals surface area contributed by atoms with Crippen LogP contribution in [0.2, 0.25) is 0 Å². The van der Waals surface area contributed by atoms with Gasteiger partial charge in [0.15, 0.2) is 24.1 Å². The van der Waals surface area contributed by atoms with Crippen molar-refractivity contribution in [3.05, 3.63) is 41.6 Å². The van der Waals surface area contributed by atoms with Crippen molar-refractivity contribution in [3.63, 3.8) is 0 Å². The van der Waals surface area contributed by atoms with Crippen molar-refractivity contribution in [3.8, 4) is 0 Å². The lowest BCUT2D eigenvalue weighted by molar-refractivity contribution is -0.688. The molecule has 4 heterocycles. The van der Waals surface area contributed by atoms with Gasteiger partial charge in [-0.25, -0.2) is 0 Å². The lowest BCUT2D eigenvalue weighted by atomic mass is 10.0. The minimum atomic E-state index is -1.47. The van der Waals surface area contributed by atoms with Gasteiger partial charge in [-0.15, -0.1) is 11.8 Å². The summed E-state index contributed by atoms with van der Waals surface area (Å²) in [5, 5.41) is 17.8. The highest BCUT2D eigenvalue weighted by molar-refractivity contribution is 8.00. The Labute approximate surface area is 201 Å². The van der Waals surface area contributed by atoms with Crippen LogP contribution in [0.25, 0.3) is 0 Å². The molecule has 1 saturated heterocycles. The number of pyridine rings is 1. The monoisotopic (exact) mass is 504 g/mol. The predicted octanol–water partition coefficient (Wildman–Crippen LogP) is -2.17. The molecule has 4 rings (SSSR count). The second kappa shape index (κ2) is 9.64. The standard InChI is InChI=1S/C19H20N8O5S2/c1-2-32-24-11(14-23-19(21)34-25-14)15(28)22-12-16(29)27-13(18(30)31)9(8-33-17(12)27)6-26-5-3-4-10(20)7-26/h3-5,7,12,17H,2,6,8,20H2,1H3,(H3-,21,22,23,25,28,30,31)/t12?,17-/m0/s1. The van der Waals surface area contributed by atoms with Crippen LogP contribution in [0.1, 0.15) is 12.7 Å². The highest BCUT2D eigenvalue weighted by Crippen LogP contribution is 2.40. The summed E-state index contributed by atoms with van der Waals surface area (Å²) in [6, 6.07) is 2.47. The van der Waals surface area contributed by atoms with Gasteiger partial charge in [0, 0.05) is 28.9 Å². The van der Waals surface area contributed by atoms with Crippen LogP contribution in [-0.4, -0.2) is 61.5 Å². The van der Waals surface area contributed by atoms with Crippen LogP contribution in [0.4, 0.5) is 10.8 Å². The summed E-state index contributed by atoms with van der Waals surface area (Å²) in [5.74, 6) is -2.52. The van der Waals surface area contributed by atoms with Crippen LogP contribution in [-0.2, 0) is 25.8 Å². The number of β-lactam (4-membered cyclic amide) rings is 1. The SMILES string of the molecule is CCON=C(C(=O)NC1C(=O)N2C(C(=O)[O-])=C(C[n+]3cccc(N)c3)CS[C@@H]12)c1nsc(N)n1. The molecule has 0 aromatic carbocycles. The number of aromatic nitrogens is 3. The van der Waals surface area contributed by atoms with E-state index in [9.17, 15) is 19.5 Å². The number of nitrogen functional groups attached to an aromatic ring is 2. The number of fused-ring (bicyclic) bond motifs is 1. The Balaban J connectivity index is 1.53. The Hall–Kier alpha value is -3.72. The molecule has 13 nitrogen and oxygen atoms in total. The molecule has 2 aliphatic heterocycles. The number of thioether (sulfide) groups is 1. The van der Waals surface area contributed by atoms with Gasteiger partial charge in [-0.1, -0.05) is 5.16 Å². The topological polar surface area (TPSA) is 193 Å². The number of hydrogen-bond donors (Lipinski definition) is 3. The van der Waals surface area contributed by atoms with E-state index >= 15 is 0 Å². The fourth-order valence-electron chi connectivity index (χ4n) is 3.51. The lowest BCUT2D eigenvalue weighted by Gasteiger charge is -2.50. The molecule has 0 spiro atoms. The first-order valence-electron chi connectivity index (χ1n) is 10.0. The smallest absolute Gasteiger partial charge is 0.278 e. The van der Waals surface area contributed by atoms with Crippen molar-refractivity contribution in [1.29, 1.82) is 0 Å². The summed E-state index contributed by atoms with van der Waals surface area (Å²) >= 11 is 2.20. The van der Waals surface area contributed by atoms with Gasteiger partial charge in [0.1, 0.15) is 18.0 Å². The average Bonchev–Trinajstić information content (AvgIpc) is 3.23. The third-order valence-electron chi connectivity index (χ3n) is 4.94.